The van der Waals surface area contributed by atoms with E-state index >= 15 is 0 Å². The molecule has 0 unspecified atom stereocenters. The van der Waals surface area contributed by atoms with E-state index in [1.54, 1.807) is 11.3 Å². The predicted octanol–water partition coefficient (Wildman–Crippen LogP) is 1.44. The summed E-state index contributed by atoms with van der Waals surface area (Å²) in [5, 5.41) is 6.28. The molecular formula is C9H16N2OS. The second kappa shape index (κ2) is 6.07. The molecule has 0 atom stereocenters. The Kier molecular flexibility index (Phi) is 4.97. The summed E-state index contributed by atoms with van der Waals surface area (Å²) in [4.78, 5) is 4.40. The Morgan fingerprint density at radius 2 is 2.46 bits per heavy atom. The van der Waals surface area contributed by atoms with E-state index in [1.807, 2.05) is 7.05 Å². The number of nitrogens with zero attached hydrogens (tertiary/aromatic N) is 1. The monoisotopic (exact) mass is 200 g/mol. The summed E-state index contributed by atoms with van der Waals surface area (Å²) in [6, 6.07) is 0. The lowest BCUT2D eigenvalue weighted by molar-refractivity contribution is 0.121. The van der Waals surface area contributed by atoms with Gasteiger partial charge in [0.15, 0.2) is 0 Å². The Morgan fingerprint density at radius 3 is 3.08 bits per heavy atom. The lowest BCUT2D eigenvalue weighted by Gasteiger charge is -2.00. The van der Waals surface area contributed by atoms with Gasteiger partial charge in [0.25, 0.3) is 0 Å². The van der Waals surface area contributed by atoms with E-state index in [2.05, 4.69) is 22.6 Å². The SMILES string of the molecule is CCc1nc(COCCNC)cs1. The van der Waals surface area contributed by atoms with E-state index in [1.165, 1.54) is 5.01 Å². The van der Waals surface area contributed by atoms with Crippen molar-refractivity contribution in [1.29, 1.82) is 0 Å². The van der Waals surface area contributed by atoms with Crippen molar-refractivity contribution >= 4 is 11.3 Å². The highest BCUT2D eigenvalue weighted by Crippen LogP contribution is 2.10. The van der Waals surface area contributed by atoms with Crippen LogP contribution in [-0.4, -0.2) is 25.2 Å². The first-order valence-electron chi connectivity index (χ1n) is 4.52. The average Bonchev–Trinajstić information content (AvgIpc) is 2.60. The van der Waals surface area contributed by atoms with Gasteiger partial charge in [-0.15, -0.1) is 11.3 Å². The Balaban J connectivity index is 2.20. The molecule has 3 nitrogen and oxygen atoms in total. The molecule has 13 heavy (non-hydrogen) atoms. The topological polar surface area (TPSA) is 34.1 Å². The van der Waals surface area contributed by atoms with Gasteiger partial charge in [0.05, 0.1) is 23.9 Å². The molecule has 0 spiro atoms. The molecule has 4 heteroatoms. The van der Waals surface area contributed by atoms with Gasteiger partial charge in [0.2, 0.25) is 0 Å². The molecular weight excluding hydrogens is 184 g/mol. The molecule has 1 rings (SSSR count). The maximum Gasteiger partial charge on any atom is 0.0926 e. The molecule has 0 amide bonds. The van der Waals surface area contributed by atoms with Crippen LogP contribution in [0.15, 0.2) is 5.38 Å². The average molecular weight is 200 g/mol. The number of aryl methyl sites for hydroxylation is 1. The Bertz CT molecular complexity index is 237. The van der Waals surface area contributed by atoms with Crippen molar-refractivity contribution in [3.8, 4) is 0 Å². The minimum Gasteiger partial charge on any atom is -0.374 e. The summed E-state index contributed by atoms with van der Waals surface area (Å²) in [5.74, 6) is 0. The summed E-state index contributed by atoms with van der Waals surface area (Å²) < 4.78 is 5.40. The Labute approximate surface area is 83.1 Å². The van der Waals surface area contributed by atoms with Crippen molar-refractivity contribution < 1.29 is 4.74 Å². The molecule has 74 valence electrons. The minimum atomic E-state index is 0.637. The van der Waals surface area contributed by atoms with Crippen LogP contribution in [0, 0.1) is 0 Å². The van der Waals surface area contributed by atoms with Crippen LogP contribution in [0.3, 0.4) is 0 Å². The van der Waals surface area contributed by atoms with E-state index < -0.39 is 0 Å². The lowest BCUT2D eigenvalue weighted by atomic mass is 10.5. The van der Waals surface area contributed by atoms with E-state index in [0.717, 1.165) is 25.3 Å². The Morgan fingerprint density at radius 1 is 1.62 bits per heavy atom. The third-order valence-electron chi connectivity index (χ3n) is 1.65. The van der Waals surface area contributed by atoms with Crippen LogP contribution in [0.4, 0.5) is 0 Å². The molecule has 0 fully saturated rings. The van der Waals surface area contributed by atoms with E-state index in [-0.39, 0.29) is 0 Å². The van der Waals surface area contributed by atoms with Crippen molar-refractivity contribution in [3.63, 3.8) is 0 Å². The molecule has 1 N–H and O–H groups in total. The summed E-state index contributed by atoms with van der Waals surface area (Å²) in [7, 11) is 1.92. The summed E-state index contributed by atoms with van der Waals surface area (Å²) in [6.45, 7) is 4.39. The number of hydrogen-bond donors (Lipinski definition) is 1. The molecule has 1 aromatic rings. The van der Waals surface area contributed by atoms with Crippen molar-refractivity contribution in [3.05, 3.63) is 16.1 Å². The van der Waals surface area contributed by atoms with Crippen LogP contribution >= 0.6 is 11.3 Å². The van der Waals surface area contributed by atoms with Gasteiger partial charge in [-0.3, -0.25) is 0 Å². The van der Waals surface area contributed by atoms with E-state index in [9.17, 15) is 0 Å². The quantitative estimate of drug-likeness (QED) is 0.706. The number of thiazole rings is 1. The molecule has 1 aromatic heterocycles. The highest BCUT2D eigenvalue weighted by molar-refractivity contribution is 7.09. The lowest BCUT2D eigenvalue weighted by Crippen LogP contribution is -2.14. The second-order valence-corrected chi connectivity index (χ2v) is 3.68. The van der Waals surface area contributed by atoms with Crippen LogP contribution in [0.5, 0.6) is 0 Å². The van der Waals surface area contributed by atoms with Crippen LogP contribution in [0.1, 0.15) is 17.6 Å². The zero-order chi connectivity index (χ0) is 9.52. The van der Waals surface area contributed by atoms with Gasteiger partial charge in [-0.1, -0.05) is 6.92 Å². The summed E-state index contributed by atoms with van der Waals surface area (Å²) >= 11 is 1.71. The fraction of sp³-hybridized carbons (Fsp3) is 0.667. The van der Waals surface area contributed by atoms with Crippen molar-refractivity contribution in [2.24, 2.45) is 0 Å². The minimum absolute atomic E-state index is 0.637. The fourth-order valence-electron chi connectivity index (χ4n) is 0.929. The van der Waals surface area contributed by atoms with Gasteiger partial charge >= 0.3 is 0 Å². The van der Waals surface area contributed by atoms with Crippen LogP contribution < -0.4 is 5.32 Å². The van der Waals surface area contributed by atoms with Crippen molar-refractivity contribution in [2.75, 3.05) is 20.2 Å². The highest BCUT2D eigenvalue weighted by atomic mass is 32.1. The number of rotatable bonds is 6. The zero-order valence-electron chi connectivity index (χ0n) is 8.17. The fourth-order valence-corrected chi connectivity index (χ4v) is 1.66. The second-order valence-electron chi connectivity index (χ2n) is 2.74. The Hall–Kier alpha value is -0.450. The molecule has 0 saturated heterocycles. The van der Waals surface area contributed by atoms with Crippen LogP contribution in [-0.2, 0) is 17.8 Å². The number of nitrogens with one attached hydrogen (secondary N) is 1. The van der Waals surface area contributed by atoms with Gasteiger partial charge in [-0.25, -0.2) is 4.98 Å². The largest absolute Gasteiger partial charge is 0.374 e. The van der Waals surface area contributed by atoms with Crippen LogP contribution in [0.25, 0.3) is 0 Å². The number of hydrogen-bond acceptors (Lipinski definition) is 4. The first-order chi connectivity index (χ1) is 6.36. The first-order valence-corrected chi connectivity index (χ1v) is 5.40. The van der Waals surface area contributed by atoms with Gasteiger partial charge < -0.3 is 10.1 Å². The highest BCUT2D eigenvalue weighted by Gasteiger charge is 1.99. The normalized spacial score (nSPS) is 10.6. The van der Waals surface area contributed by atoms with Gasteiger partial charge in [0, 0.05) is 11.9 Å². The number of aromatic nitrogens is 1. The van der Waals surface area contributed by atoms with Gasteiger partial charge in [-0.2, -0.15) is 0 Å². The summed E-state index contributed by atoms with van der Waals surface area (Å²) in [5.41, 5.74) is 1.05. The maximum atomic E-state index is 5.40. The molecule has 0 saturated carbocycles. The molecule has 0 radical (unpaired) electrons. The summed E-state index contributed by atoms with van der Waals surface area (Å²) in [6.07, 6.45) is 1.02. The van der Waals surface area contributed by atoms with Crippen molar-refractivity contribution in [1.82, 2.24) is 10.3 Å². The maximum absolute atomic E-state index is 5.40. The van der Waals surface area contributed by atoms with Gasteiger partial charge in [0.1, 0.15) is 0 Å². The third-order valence-corrected chi connectivity index (χ3v) is 2.69. The first kappa shape index (κ1) is 10.6. The van der Waals surface area contributed by atoms with Crippen LogP contribution in [0.2, 0.25) is 0 Å². The molecule has 1 heterocycles. The van der Waals surface area contributed by atoms with Gasteiger partial charge in [-0.05, 0) is 13.5 Å². The third kappa shape index (κ3) is 3.85. The molecule has 0 aliphatic rings. The zero-order valence-corrected chi connectivity index (χ0v) is 8.99. The molecule has 0 aliphatic heterocycles. The molecule has 0 bridgehead atoms. The smallest absolute Gasteiger partial charge is 0.0926 e. The number of ether oxygens (including phenoxy) is 1. The predicted molar refractivity (Wildman–Crippen MR) is 55.1 cm³/mol. The molecule has 0 aromatic carbocycles. The number of likely N-dealkylation sites (N-methyl/N-ethyl adjacent to an activating group) is 1. The van der Waals surface area contributed by atoms with E-state index in [4.69, 9.17) is 4.74 Å². The standard InChI is InChI=1S/C9H16N2OS/c1-3-9-11-8(7-13-9)6-12-5-4-10-2/h7,10H,3-6H2,1-2H3. The molecule has 0 aliphatic carbocycles. The van der Waals surface area contributed by atoms with E-state index in [0.29, 0.717) is 6.61 Å². The van der Waals surface area contributed by atoms with Crippen molar-refractivity contribution in [2.45, 2.75) is 20.0 Å².